The van der Waals surface area contributed by atoms with Gasteiger partial charge >= 0.3 is 0 Å². The molecule has 0 aromatic carbocycles. The molecule has 2 aromatic rings. The summed E-state index contributed by atoms with van der Waals surface area (Å²) in [6.07, 6.45) is 1.93. The molecule has 3 heterocycles. The standard InChI is InChI=1S/C18H26N4O2S/c1-12(2)8-19-17(24)14-5-4-6-21(9-14)10-15-7-16(23)22-13(3)11-25-18(22)20-15/h7,11-12,14H,4-6,8-10H2,1-3H3,(H,19,24)/t14-/m1/s1. The zero-order valence-corrected chi connectivity index (χ0v) is 15.9. The lowest BCUT2D eigenvalue weighted by Crippen LogP contribution is -2.43. The van der Waals surface area contributed by atoms with E-state index >= 15 is 0 Å². The van der Waals surface area contributed by atoms with Gasteiger partial charge in [-0.05, 0) is 32.2 Å². The Morgan fingerprint density at radius 3 is 3.04 bits per heavy atom. The van der Waals surface area contributed by atoms with Gasteiger partial charge in [0.15, 0.2) is 4.96 Å². The van der Waals surface area contributed by atoms with Crippen molar-refractivity contribution in [1.29, 1.82) is 0 Å². The summed E-state index contributed by atoms with van der Waals surface area (Å²) in [6.45, 7) is 9.13. The van der Waals surface area contributed by atoms with E-state index < -0.39 is 0 Å². The van der Waals surface area contributed by atoms with Crippen LogP contribution in [0.1, 0.15) is 38.1 Å². The Hall–Kier alpha value is -1.73. The summed E-state index contributed by atoms with van der Waals surface area (Å²) in [4.78, 5) is 32.2. The fourth-order valence-corrected chi connectivity index (χ4v) is 4.16. The topological polar surface area (TPSA) is 66.7 Å². The number of fused-ring (bicyclic) bond motifs is 1. The van der Waals surface area contributed by atoms with Crippen molar-refractivity contribution in [3.8, 4) is 0 Å². The first-order valence-corrected chi connectivity index (χ1v) is 9.79. The maximum atomic E-state index is 12.3. The summed E-state index contributed by atoms with van der Waals surface area (Å²) in [5.74, 6) is 0.638. The van der Waals surface area contributed by atoms with Crippen LogP contribution in [0.5, 0.6) is 0 Å². The third kappa shape index (κ3) is 4.27. The second kappa shape index (κ2) is 7.66. The van der Waals surface area contributed by atoms with Crippen LogP contribution in [0.25, 0.3) is 4.96 Å². The van der Waals surface area contributed by atoms with Gasteiger partial charge in [0.25, 0.3) is 5.56 Å². The second-order valence-electron chi connectivity index (χ2n) is 7.29. The lowest BCUT2D eigenvalue weighted by molar-refractivity contribution is -0.126. The smallest absolute Gasteiger partial charge is 0.259 e. The van der Waals surface area contributed by atoms with Crippen molar-refractivity contribution in [2.45, 2.75) is 40.2 Å². The number of likely N-dealkylation sites (tertiary alicyclic amines) is 1. The molecule has 0 radical (unpaired) electrons. The van der Waals surface area contributed by atoms with Gasteiger partial charge in [0, 0.05) is 36.8 Å². The number of piperidine rings is 1. The Kier molecular flexibility index (Phi) is 5.54. The average molecular weight is 362 g/mol. The highest BCUT2D eigenvalue weighted by molar-refractivity contribution is 7.15. The van der Waals surface area contributed by atoms with Crippen LogP contribution >= 0.6 is 11.3 Å². The molecule has 136 valence electrons. The van der Waals surface area contributed by atoms with E-state index in [4.69, 9.17) is 0 Å². The number of carbonyl (C=O) groups excluding carboxylic acids is 1. The van der Waals surface area contributed by atoms with Crippen molar-refractivity contribution in [2.24, 2.45) is 11.8 Å². The molecule has 1 atom stereocenters. The second-order valence-corrected chi connectivity index (χ2v) is 8.13. The molecular formula is C18H26N4O2S. The minimum atomic E-state index is -0.0259. The molecule has 1 N–H and O–H groups in total. The van der Waals surface area contributed by atoms with Crippen LogP contribution in [0.2, 0.25) is 0 Å². The molecule has 1 fully saturated rings. The average Bonchev–Trinajstić information content (AvgIpc) is 2.94. The first-order chi connectivity index (χ1) is 11.9. The lowest BCUT2D eigenvalue weighted by atomic mass is 9.97. The monoisotopic (exact) mass is 362 g/mol. The van der Waals surface area contributed by atoms with Gasteiger partial charge in [0.1, 0.15) is 0 Å². The quantitative estimate of drug-likeness (QED) is 0.884. The van der Waals surface area contributed by atoms with Crippen molar-refractivity contribution in [2.75, 3.05) is 19.6 Å². The molecular weight excluding hydrogens is 336 g/mol. The molecule has 25 heavy (non-hydrogen) atoms. The largest absolute Gasteiger partial charge is 0.356 e. The number of thiazole rings is 1. The zero-order valence-electron chi connectivity index (χ0n) is 15.1. The van der Waals surface area contributed by atoms with Crippen LogP contribution in [0.4, 0.5) is 0 Å². The summed E-state index contributed by atoms with van der Waals surface area (Å²) in [5, 5.41) is 4.99. The molecule has 0 spiro atoms. The highest BCUT2D eigenvalue weighted by atomic mass is 32.1. The molecule has 1 aliphatic rings. The van der Waals surface area contributed by atoms with Crippen molar-refractivity contribution >= 4 is 22.2 Å². The third-order valence-corrected chi connectivity index (χ3v) is 5.52. The Morgan fingerprint density at radius 1 is 1.48 bits per heavy atom. The van der Waals surface area contributed by atoms with E-state index in [0.717, 1.165) is 48.8 Å². The van der Waals surface area contributed by atoms with Gasteiger partial charge in [0.05, 0.1) is 11.6 Å². The molecule has 0 unspecified atom stereocenters. The lowest BCUT2D eigenvalue weighted by Gasteiger charge is -2.31. The van der Waals surface area contributed by atoms with Crippen LogP contribution in [0.15, 0.2) is 16.2 Å². The molecule has 1 amide bonds. The van der Waals surface area contributed by atoms with Crippen LogP contribution in [-0.2, 0) is 11.3 Å². The van der Waals surface area contributed by atoms with Gasteiger partial charge in [0.2, 0.25) is 5.91 Å². The summed E-state index contributed by atoms with van der Waals surface area (Å²) >= 11 is 1.49. The van der Waals surface area contributed by atoms with Crippen LogP contribution in [0, 0.1) is 18.8 Å². The Labute approximate surface area is 151 Å². The van der Waals surface area contributed by atoms with Gasteiger partial charge in [-0.1, -0.05) is 13.8 Å². The van der Waals surface area contributed by atoms with E-state index in [1.807, 2.05) is 12.3 Å². The minimum Gasteiger partial charge on any atom is -0.356 e. The van der Waals surface area contributed by atoms with Gasteiger partial charge < -0.3 is 5.32 Å². The zero-order chi connectivity index (χ0) is 18.0. The number of carbonyl (C=O) groups is 1. The highest BCUT2D eigenvalue weighted by Crippen LogP contribution is 2.19. The van der Waals surface area contributed by atoms with E-state index in [0.29, 0.717) is 12.5 Å². The van der Waals surface area contributed by atoms with Crippen molar-refractivity contribution in [3.05, 3.63) is 33.2 Å². The van der Waals surface area contributed by atoms with Crippen LogP contribution < -0.4 is 10.9 Å². The van der Waals surface area contributed by atoms with Gasteiger partial charge in [-0.2, -0.15) is 0 Å². The maximum absolute atomic E-state index is 12.3. The SMILES string of the molecule is Cc1csc2nc(CN3CCC[C@@H](C(=O)NCC(C)C)C3)cc(=O)n12. The maximum Gasteiger partial charge on any atom is 0.259 e. The minimum absolute atomic E-state index is 0.0259. The fraction of sp³-hybridized carbons (Fsp3) is 0.611. The first kappa shape index (κ1) is 18.1. The summed E-state index contributed by atoms with van der Waals surface area (Å²) < 4.78 is 1.65. The van der Waals surface area contributed by atoms with E-state index in [1.165, 1.54) is 11.3 Å². The summed E-state index contributed by atoms with van der Waals surface area (Å²) in [6, 6.07) is 1.62. The molecule has 6 nitrogen and oxygen atoms in total. The molecule has 0 saturated carbocycles. The predicted octanol–water partition coefficient (Wildman–Crippen LogP) is 2.05. The Balaban J connectivity index is 1.66. The van der Waals surface area contributed by atoms with E-state index in [2.05, 4.69) is 29.0 Å². The van der Waals surface area contributed by atoms with E-state index in [9.17, 15) is 9.59 Å². The van der Waals surface area contributed by atoms with Gasteiger partial charge in [-0.15, -0.1) is 11.3 Å². The molecule has 0 bridgehead atoms. The molecule has 0 aliphatic carbocycles. The normalized spacial score (nSPS) is 18.8. The number of hydrogen-bond donors (Lipinski definition) is 1. The number of rotatable bonds is 5. The number of aryl methyl sites for hydroxylation is 1. The number of amides is 1. The van der Waals surface area contributed by atoms with E-state index in [-0.39, 0.29) is 17.4 Å². The van der Waals surface area contributed by atoms with Gasteiger partial charge in [-0.25, -0.2) is 4.98 Å². The van der Waals surface area contributed by atoms with Crippen molar-refractivity contribution < 1.29 is 4.79 Å². The Morgan fingerprint density at radius 2 is 2.28 bits per heavy atom. The predicted molar refractivity (Wildman–Crippen MR) is 99.9 cm³/mol. The van der Waals surface area contributed by atoms with Crippen LogP contribution in [-0.4, -0.2) is 39.8 Å². The van der Waals surface area contributed by atoms with Crippen LogP contribution in [0.3, 0.4) is 0 Å². The Bertz CT molecular complexity index is 811. The molecule has 3 rings (SSSR count). The molecule has 1 aliphatic heterocycles. The van der Waals surface area contributed by atoms with E-state index in [1.54, 1.807) is 10.5 Å². The molecule has 2 aromatic heterocycles. The third-order valence-electron chi connectivity index (χ3n) is 4.58. The number of hydrogen-bond acceptors (Lipinski definition) is 5. The van der Waals surface area contributed by atoms with Crippen molar-refractivity contribution in [1.82, 2.24) is 19.6 Å². The summed E-state index contributed by atoms with van der Waals surface area (Å²) in [5.41, 5.74) is 1.68. The highest BCUT2D eigenvalue weighted by Gasteiger charge is 2.26. The number of nitrogens with one attached hydrogen (secondary N) is 1. The molecule has 1 saturated heterocycles. The van der Waals surface area contributed by atoms with Crippen molar-refractivity contribution in [3.63, 3.8) is 0 Å². The number of nitrogens with zero attached hydrogens (tertiary/aromatic N) is 3. The molecule has 7 heteroatoms. The fourth-order valence-electron chi connectivity index (χ4n) is 3.27. The first-order valence-electron chi connectivity index (χ1n) is 8.91. The summed E-state index contributed by atoms with van der Waals surface area (Å²) in [7, 11) is 0. The number of aromatic nitrogens is 2. The van der Waals surface area contributed by atoms with Gasteiger partial charge in [-0.3, -0.25) is 18.9 Å².